The van der Waals surface area contributed by atoms with E-state index < -0.39 is 11.6 Å². The second-order valence-electron chi connectivity index (χ2n) is 9.67. The number of nitrogens with one attached hydrogen (secondary N) is 1. The average molecular weight is 417 g/mol. The van der Waals surface area contributed by atoms with Crippen LogP contribution in [0.1, 0.15) is 59.9 Å². The third-order valence-corrected chi connectivity index (χ3v) is 5.31. The van der Waals surface area contributed by atoms with Gasteiger partial charge in [-0.3, -0.25) is 14.5 Å². The summed E-state index contributed by atoms with van der Waals surface area (Å²) in [6, 6.07) is 8.84. The van der Waals surface area contributed by atoms with E-state index in [-0.39, 0.29) is 29.9 Å². The lowest BCUT2D eigenvalue weighted by atomic mass is 9.89. The third-order valence-electron chi connectivity index (χ3n) is 5.31. The summed E-state index contributed by atoms with van der Waals surface area (Å²) in [6.07, 6.45) is 2.05. The highest BCUT2D eigenvalue weighted by Crippen LogP contribution is 2.35. The van der Waals surface area contributed by atoms with E-state index in [9.17, 15) is 14.4 Å². The lowest BCUT2D eigenvalue weighted by Crippen LogP contribution is -2.54. The van der Waals surface area contributed by atoms with E-state index in [1.807, 2.05) is 51.1 Å². The van der Waals surface area contributed by atoms with Crippen LogP contribution in [0.3, 0.4) is 0 Å². The number of esters is 1. The van der Waals surface area contributed by atoms with Gasteiger partial charge in [-0.15, -0.1) is 0 Å². The smallest absolute Gasteiger partial charge is 0.323 e. The Bertz CT molecular complexity index is 726. The zero-order valence-electron chi connectivity index (χ0n) is 19.1. The number of ether oxygens (including phenoxy) is 1. The van der Waals surface area contributed by atoms with E-state index in [1.165, 1.54) is 6.92 Å². The molecule has 0 radical (unpaired) electrons. The van der Waals surface area contributed by atoms with Crippen LogP contribution in [0, 0.1) is 11.8 Å². The summed E-state index contributed by atoms with van der Waals surface area (Å²) in [5.74, 6) is -0.486. The first-order valence-corrected chi connectivity index (χ1v) is 10.8. The van der Waals surface area contributed by atoms with Gasteiger partial charge in [-0.1, -0.05) is 44.2 Å². The SMILES string of the molecule is CC(=O)N[C@@H](CC(C)C)[C@H]1[C@H](C=O)CC(C(=O)OC(C)(C)C)N1Cc1ccccc1. The summed E-state index contributed by atoms with van der Waals surface area (Å²) in [7, 11) is 0. The van der Waals surface area contributed by atoms with E-state index in [0.29, 0.717) is 18.9 Å². The maximum absolute atomic E-state index is 13.1. The molecule has 0 bridgehead atoms. The van der Waals surface area contributed by atoms with Gasteiger partial charge >= 0.3 is 5.97 Å². The van der Waals surface area contributed by atoms with Crippen molar-refractivity contribution in [3.8, 4) is 0 Å². The van der Waals surface area contributed by atoms with Gasteiger partial charge in [0.1, 0.15) is 17.9 Å². The van der Waals surface area contributed by atoms with Gasteiger partial charge in [0.15, 0.2) is 0 Å². The lowest BCUT2D eigenvalue weighted by Gasteiger charge is -2.37. The fourth-order valence-electron chi connectivity index (χ4n) is 4.32. The van der Waals surface area contributed by atoms with Gasteiger partial charge in [0.05, 0.1) is 0 Å². The molecular weight excluding hydrogens is 380 g/mol. The molecule has 1 aromatic rings. The Kier molecular flexibility index (Phi) is 8.18. The Morgan fingerprint density at radius 2 is 1.87 bits per heavy atom. The van der Waals surface area contributed by atoms with Gasteiger partial charge in [-0.05, 0) is 45.1 Å². The molecular formula is C24H36N2O4. The molecule has 30 heavy (non-hydrogen) atoms. The number of benzene rings is 1. The fraction of sp³-hybridized carbons (Fsp3) is 0.625. The second kappa shape index (κ2) is 10.2. The molecule has 6 nitrogen and oxygen atoms in total. The second-order valence-corrected chi connectivity index (χ2v) is 9.67. The van der Waals surface area contributed by atoms with Crippen molar-refractivity contribution in [2.75, 3.05) is 0 Å². The van der Waals surface area contributed by atoms with Gasteiger partial charge in [0.25, 0.3) is 0 Å². The first-order valence-electron chi connectivity index (χ1n) is 10.8. The first-order chi connectivity index (χ1) is 14.0. The zero-order chi connectivity index (χ0) is 22.5. The summed E-state index contributed by atoms with van der Waals surface area (Å²) >= 11 is 0. The molecule has 0 aromatic heterocycles. The highest BCUT2D eigenvalue weighted by atomic mass is 16.6. The number of likely N-dealkylation sites (tertiary alicyclic amines) is 1. The van der Waals surface area contributed by atoms with Crippen molar-refractivity contribution in [1.82, 2.24) is 10.2 Å². The van der Waals surface area contributed by atoms with Crippen molar-refractivity contribution >= 4 is 18.2 Å². The predicted octanol–water partition coefficient (Wildman–Crippen LogP) is 3.34. The Morgan fingerprint density at radius 1 is 1.23 bits per heavy atom. The van der Waals surface area contributed by atoms with Crippen LogP contribution in [0.25, 0.3) is 0 Å². The molecule has 1 unspecified atom stereocenters. The largest absolute Gasteiger partial charge is 0.459 e. The van der Waals surface area contributed by atoms with Gasteiger partial charge in [-0.2, -0.15) is 0 Å². The number of aldehydes is 1. The van der Waals surface area contributed by atoms with Crippen molar-refractivity contribution in [1.29, 1.82) is 0 Å². The van der Waals surface area contributed by atoms with E-state index >= 15 is 0 Å². The van der Waals surface area contributed by atoms with Crippen LogP contribution in [0.4, 0.5) is 0 Å². The Morgan fingerprint density at radius 3 is 2.37 bits per heavy atom. The summed E-state index contributed by atoms with van der Waals surface area (Å²) in [4.78, 5) is 39.1. The van der Waals surface area contributed by atoms with E-state index in [0.717, 1.165) is 18.3 Å². The molecule has 2 rings (SSSR count). The maximum atomic E-state index is 13.1. The standard InChI is InChI=1S/C24H36N2O4/c1-16(2)12-20(25-17(3)28)22-19(15-27)13-21(23(29)30-24(4,5)6)26(22)14-18-10-8-7-9-11-18/h7-11,15-16,19-22H,12-14H2,1-6H3,(H,25,28)/t19-,20-,21?,22+/m0/s1. The van der Waals surface area contributed by atoms with Gasteiger partial charge in [-0.25, -0.2) is 0 Å². The van der Waals surface area contributed by atoms with Crippen LogP contribution in [0.2, 0.25) is 0 Å². The number of carbonyl (C=O) groups is 3. The van der Waals surface area contributed by atoms with Crippen LogP contribution in [-0.2, 0) is 25.7 Å². The molecule has 0 saturated carbocycles. The maximum Gasteiger partial charge on any atom is 0.323 e. The van der Waals surface area contributed by atoms with Gasteiger partial charge < -0.3 is 14.8 Å². The quantitative estimate of drug-likeness (QED) is 0.520. The summed E-state index contributed by atoms with van der Waals surface area (Å²) in [5, 5.41) is 3.05. The monoisotopic (exact) mass is 416 g/mol. The normalized spacial score (nSPS) is 23.2. The molecule has 1 amide bonds. The van der Waals surface area contributed by atoms with Crippen LogP contribution in [0.5, 0.6) is 0 Å². The molecule has 0 aliphatic carbocycles. The van der Waals surface area contributed by atoms with Crippen molar-refractivity contribution in [2.24, 2.45) is 11.8 Å². The van der Waals surface area contributed by atoms with Crippen LogP contribution in [0.15, 0.2) is 30.3 Å². The summed E-state index contributed by atoms with van der Waals surface area (Å²) in [5.41, 5.74) is 0.438. The molecule has 1 fully saturated rings. The molecule has 166 valence electrons. The third kappa shape index (κ3) is 6.66. The van der Waals surface area contributed by atoms with E-state index in [2.05, 4.69) is 24.1 Å². The Hall–Kier alpha value is -2.21. The average Bonchev–Trinajstić information content (AvgIpc) is 2.98. The number of rotatable bonds is 8. The molecule has 1 aromatic carbocycles. The minimum absolute atomic E-state index is 0.134. The molecule has 0 spiro atoms. The summed E-state index contributed by atoms with van der Waals surface area (Å²) < 4.78 is 5.69. The molecule has 1 aliphatic rings. The van der Waals surface area contributed by atoms with Crippen molar-refractivity contribution in [2.45, 2.75) is 84.7 Å². The highest BCUT2D eigenvalue weighted by Gasteiger charge is 2.49. The first kappa shape index (κ1) is 24.1. The van der Waals surface area contributed by atoms with Crippen molar-refractivity contribution in [3.05, 3.63) is 35.9 Å². The van der Waals surface area contributed by atoms with Gasteiger partial charge in [0, 0.05) is 31.5 Å². The summed E-state index contributed by atoms with van der Waals surface area (Å²) in [6.45, 7) is 11.7. The Balaban J connectivity index is 2.43. The Labute approximate surface area is 180 Å². The predicted molar refractivity (Wildman–Crippen MR) is 117 cm³/mol. The minimum atomic E-state index is -0.612. The fourth-order valence-corrected chi connectivity index (χ4v) is 4.32. The van der Waals surface area contributed by atoms with Crippen LogP contribution in [-0.4, -0.2) is 46.8 Å². The molecule has 1 heterocycles. The van der Waals surface area contributed by atoms with Crippen LogP contribution < -0.4 is 5.32 Å². The lowest BCUT2D eigenvalue weighted by molar-refractivity contribution is -0.161. The molecule has 6 heteroatoms. The zero-order valence-corrected chi connectivity index (χ0v) is 19.1. The number of carbonyl (C=O) groups excluding carboxylic acids is 3. The van der Waals surface area contributed by atoms with Crippen molar-refractivity contribution in [3.63, 3.8) is 0 Å². The van der Waals surface area contributed by atoms with E-state index in [1.54, 1.807) is 0 Å². The number of amides is 1. The highest BCUT2D eigenvalue weighted by molar-refractivity contribution is 5.78. The van der Waals surface area contributed by atoms with Gasteiger partial charge in [0.2, 0.25) is 5.91 Å². The molecule has 4 atom stereocenters. The number of hydrogen-bond acceptors (Lipinski definition) is 5. The molecule has 1 aliphatic heterocycles. The minimum Gasteiger partial charge on any atom is -0.459 e. The molecule has 1 N–H and O–H groups in total. The van der Waals surface area contributed by atoms with Crippen molar-refractivity contribution < 1.29 is 19.1 Å². The topological polar surface area (TPSA) is 75.7 Å². The number of hydrogen-bond donors (Lipinski definition) is 1. The molecule has 1 saturated heterocycles. The number of nitrogens with zero attached hydrogens (tertiary/aromatic N) is 1. The van der Waals surface area contributed by atoms with Crippen LogP contribution >= 0.6 is 0 Å². The van der Waals surface area contributed by atoms with E-state index in [4.69, 9.17) is 4.74 Å².